The summed E-state index contributed by atoms with van der Waals surface area (Å²) in [5, 5.41) is 5.87. The highest BCUT2D eigenvalue weighted by Gasteiger charge is 2.56. The van der Waals surface area contributed by atoms with Crippen molar-refractivity contribution in [1.29, 1.82) is 0 Å². The fourth-order valence-electron chi connectivity index (χ4n) is 3.63. The minimum atomic E-state index is -0.813. The van der Waals surface area contributed by atoms with E-state index in [9.17, 15) is 14.4 Å². The minimum absolute atomic E-state index is 0. The topological polar surface area (TPSA) is 81.8 Å². The average Bonchev–Trinajstić information content (AvgIpc) is 3.20. The van der Waals surface area contributed by atoms with Gasteiger partial charge in [-0.1, -0.05) is 0 Å². The van der Waals surface area contributed by atoms with Crippen LogP contribution in [0.5, 0.6) is 0 Å². The summed E-state index contributed by atoms with van der Waals surface area (Å²) in [6, 6.07) is -0.273. The van der Waals surface area contributed by atoms with E-state index in [1.165, 1.54) is 0 Å². The molecule has 1 saturated carbocycles. The van der Waals surface area contributed by atoms with Crippen LogP contribution >= 0.6 is 12.4 Å². The zero-order chi connectivity index (χ0) is 15.9. The van der Waals surface area contributed by atoms with Crippen LogP contribution in [0.3, 0.4) is 0 Å². The highest BCUT2D eigenvalue weighted by atomic mass is 35.5. The second-order valence-corrected chi connectivity index (χ2v) is 6.74. The lowest BCUT2D eigenvalue weighted by Crippen LogP contribution is -2.48. The van der Waals surface area contributed by atoms with Crippen LogP contribution in [0.25, 0.3) is 0 Å². The molecule has 0 aromatic heterocycles. The largest absolute Gasteiger partial charge is 0.337 e. The Morgan fingerprint density at radius 3 is 2.65 bits per heavy atom. The predicted molar refractivity (Wildman–Crippen MR) is 87.3 cm³/mol. The van der Waals surface area contributed by atoms with Crippen molar-refractivity contribution < 1.29 is 14.4 Å². The number of rotatable bonds is 5. The summed E-state index contributed by atoms with van der Waals surface area (Å²) in [4.78, 5) is 40.0. The second kappa shape index (κ2) is 6.65. The molecule has 0 aromatic carbocycles. The summed E-state index contributed by atoms with van der Waals surface area (Å²) >= 11 is 0. The minimum Gasteiger partial charge on any atom is -0.337 e. The summed E-state index contributed by atoms with van der Waals surface area (Å²) in [6.45, 7) is 3.07. The van der Waals surface area contributed by atoms with Gasteiger partial charge in [-0.25, -0.2) is 4.79 Å². The van der Waals surface area contributed by atoms with Crippen molar-refractivity contribution in [3.05, 3.63) is 0 Å². The number of nitrogens with zero attached hydrogens (tertiary/aromatic N) is 2. The van der Waals surface area contributed by atoms with Gasteiger partial charge < -0.3 is 15.5 Å². The Kier molecular flexibility index (Phi) is 5.20. The third kappa shape index (κ3) is 3.17. The number of likely N-dealkylation sites (tertiary alicyclic amines) is 1. The molecule has 3 aliphatic rings. The van der Waals surface area contributed by atoms with Gasteiger partial charge in [0.25, 0.3) is 5.91 Å². The number of hydrogen-bond acceptors (Lipinski definition) is 4. The first-order valence-electron chi connectivity index (χ1n) is 8.05. The molecule has 2 saturated heterocycles. The molecule has 8 heteroatoms. The molecule has 0 bridgehead atoms. The normalized spacial score (nSPS) is 30.4. The molecule has 0 aromatic rings. The molecule has 2 unspecified atom stereocenters. The SMILES string of the molecule is CNCC1CCCN1C(=O)CN1C(=O)NC(C)(C2CC2)C1=O.Cl. The molecule has 2 atom stereocenters. The number of hydrogen-bond donors (Lipinski definition) is 2. The van der Waals surface area contributed by atoms with Crippen LogP contribution in [-0.4, -0.2) is 65.9 Å². The van der Waals surface area contributed by atoms with Gasteiger partial charge in [-0.3, -0.25) is 14.5 Å². The molecule has 1 aliphatic carbocycles. The van der Waals surface area contributed by atoms with Gasteiger partial charge >= 0.3 is 6.03 Å². The Morgan fingerprint density at radius 1 is 1.35 bits per heavy atom. The van der Waals surface area contributed by atoms with Crippen molar-refractivity contribution >= 4 is 30.3 Å². The van der Waals surface area contributed by atoms with Crippen molar-refractivity contribution in [3.63, 3.8) is 0 Å². The van der Waals surface area contributed by atoms with Crippen LogP contribution in [0.1, 0.15) is 32.6 Å². The zero-order valence-electron chi connectivity index (χ0n) is 13.6. The van der Waals surface area contributed by atoms with Crippen LogP contribution in [0.15, 0.2) is 0 Å². The maximum Gasteiger partial charge on any atom is 0.325 e. The van der Waals surface area contributed by atoms with Crippen molar-refractivity contribution in [1.82, 2.24) is 20.4 Å². The second-order valence-electron chi connectivity index (χ2n) is 6.74. The first-order chi connectivity index (χ1) is 10.5. The maximum atomic E-state index is 12.5. The van der Waals surface area contributed by atoms with E-state index >= 15 is 0 Å². The van der Waals surface area contributed by atoms with E-state index in [1.54, 1.807) is 11.8 Å². The first kappa shape index (κ1) is 18.0. The summed E-state index contributed by atoms with van der Waals surface area (Å²) in [5.74, 6) is -0.174. The van der Waals surface area contributed by atoms with Crippen LogP contribution in [0.2, 0.25) is 0 Å². The van der Waals surface area contributed by atoms with Crippen LogP contribution in [-0.2, 0) is 9.59 Å². The number of carbonyl (C=O) groups excluding carboxylic acids is 3. The summed E-state index contributed by atoms with van der Waals surface area (Å²) in [6.07, 6.45) is 3.85. The van der Waals surface area contributed by atoms with E-state index in [2.05, 4.69) is 10.6 Å². The Balaban J connectivity index is 0.00000192. The Labute approximate surface area is 142 Å². The van der Waals surface area contributed by atoms with Gasteiger partial charge in [-0.15, -0.1) is 12.4 Å². The summed E-state index contributed by atoms with van der Waals surface area (Å²) in [5.41, 5.74) is -0.813. The number of carbonyl (C=O) groups is 3. The quantitative estimate of drug-likeness (QED) is 0.705. The van der Waals surface area contributed by atoms with Gasteiger partial charge in [0, 0.05) is 19.1 Å². The smallest absolute Gasteiger partial charge is 0.325 e. The van der Waals surface area contributed by atoms with E-state index in [4.69, 9.17) is 0 Å². The van der Waals surface area contributed by atoms with Crippen molar-refractivity contribution in [2.45, 2.75) is 44.2 Å². The molecule has 0 spiro atoms. The molecule has 4 amide bonds. The molecule has 3 fully saturated rings. The first-order valence-corrected chi connectivity index (χ1v) is 8.05. The van der Waals surface area contributed by atoms with Gasteiger partial charge in [0.2, 0.25) is 5.91 Å². The lowest BCUT2D eigenvalue weighted by atomic mass is 9.96. The van der Waals surface area contributed by atoms with Crippen molar-refractivity contribution in [2.75, 3.05) is 26.7 Å². The highest BCUT2D eigenvalue weighted by Crippen LogP contribution is 2.42. The molecule has 0 radical (unpaired) electrons. The third-order valence-electron chi connectivity index (χ3n) is 5.13. The Bertz CT molecular complexity index is 511. The van der Waals surface area contributed by atoms with Crippen molar-refractivity contribution in [2.24, 2.45) is 5.92 Å². The number of amides is 4. The molecule has 2 N–H and O–H groups in total. The monoisotopic (exact) mass is 344 g/mol. The van der Waals surface area contributed by atoms with E-state index in [0.717, 1.165) is 37.1 Å². The summed E-state index contributed by atoms with van der Waals surface area (Å²) in [7, 11) is 1.86. The third-order valence-corrected chi connectivity index (χ3v) is 5.13. The van der Waals surface area contributed by atoms with Gasteiger partial charge in [0.1, 0.15) is 12.1 Å². The fourth-order valence-corrected chi connectivity index (χ4v) is 3.63. The van der Waals surface area contributed by atoms with Gasteiger partial charge in [0.15, 0.2) is 0 Å². The zero-order valence-corrected chi connectivity index (χ0v) is 14.4. The molecular formula is C15H25ClN4O3. The van der Waals surface area contributed by atoms with Crippen LogP contribution in [0.4, 0.5) is 4.79 Å². The molecule has 3 rings (SSSR count). The van der Waals surface area contributed by atoms with Crippen LogP contribution in [0, 0.1) is 5.92 Å². The van der Waals surface area contributed by atoms with E-state index in [-0.39, 0.29) is 42.7 Å². The molecule has 130 valence electrons. The number of likely N-dealkylation sites (N-methyl/N-ethyl adjacent to an activating group) is 1. The molecular weight excluding hydrogens is 320 g/mol. The fraction of sp³-hybridized carbons (Fsp3) is 0.800. The maximum absolute atomic E-state index is 12.5. The Morgan fingerprint density at radius 2 is 2.04 bits per heavy atom. The van der Waals surface area contributed by atoms with Crippen LogP contribution < -0.4 is 10.6 Å². The van der Waals surface area contributed by atoms with Gasteiger partial charge in [-0.05, 0) is 45.6 Å². The number of urea groups is 1. The number of nitrogens with one attached hydrogen (secondary N) is 2. The van der Waals surface area contributed by atoms with Gasteiger partial charge in [-0.2, -0.15) is 0 Å². The molecule has 7 nitrogen and oxygen atoms in total. The average molecular weight is 345 g/mol. The standard InChI is InChI=1S/C15H24N4O3.ClH/c1-15(10-5-6-10)13(21)19(14(22)17-15)9-12(20)18-7-3-4-11(18)8-16-2;/h10-11,16H,3-9H2,1-2H3,(H,17,22);1H. The van der Waals surface area contributed by atoms with Gasteiger partial charge in [0.05, 0.1) is 0 Å². The lowest BCUT2D eigenvalue weighted by molar-refractivity contribution is -0.139. The summed E-state index contributed by atoms with van der Waals surface area (Å²) < 4.78 is 0. The number of imide groups is 1. The van der Waals surface area contributed by atoms with E-state index < -0.39 is 11.6 Å². The lowest BCUT2D eigenvalue weighted by Gasteiger charge is -2.26. The van der Waals surface area contributed by atoms with E-state index in [1.807, 2.05) is 7.05 Å². The van der Waals surface area contributed by atoms with E-state index in [0.29, 0.717) is 6.54 Å². The molecule has 2 aliphatic heterocycles. The number of halogens is 1. The highest BCUT2D eigenvalue weighted by molar-refractivity contribution is 6.09. The van der Waals surface area contributed by atoms with Crippen molar-refractivity contribution in [3.8, 4) is 0 Å². The molecule has 2 heterocycles. The predicted octanol–water partition coefficient (Wildman–Crippen LogP) is 0.339. The molecule has 23 heavy (non-hydrogen) atoms. The Hall–Kier alpha value is -1.34.